The summed E-state index contributed by atoms with van der Waals surface area (Å²) in [6.45, 7) is 0.161. The Morgan fingerprint density at radius 1 is 1.35 bits per heavy atom. The number of rotatable bonds is 3. The van der Waals surface area contributed by atoms with Crippen LogP contribution in [0.5, 0.6) is 0 Å². The van der Waals surface area contributed by atoms with Crippen LogP contribution in [0.3, 0.4) is 0 Å². The molecule has 7 heteroatoms. The number of imide groups is 1. The van der Waals surface area contributed by atoms with Gasteiger partial charge >= 0.3 is 6.03 Å². The van der Waals surface area contributed by atoms with Crippen molar-refractivity contribution in [3.05, 3.63) is 35.6 Å². The molecule has 0 aromatic heterocycles. The number of amides is 4. The second kappa shape index (κ2) is 5.60. The predicted molar refractivity (Wildman–Crippen MR) is 68.4 cm³/mol. The first-order chi connectivity index (χ1) is 9.49. The van der Waals surface area contributed by atoms with Crippen LogP contribution in [0.25, 0.3) is 0 Å². The van der Waals surface area contributed by atoms with E-state index in [2.05, 4.69) is 10.3 Å². The van der Waals surface area contributed by atoms with Crippen LogP contribution in [0.2, 0.25) is 0 Å². The molecule has 1 aliphatic heterocycles. The Balaban J connectivity index is 1.98. The van der Waals surface area contributed by atoms with Crippen LogP contribution in [-0.2, 0) is 16.1 Å². The molecule has 0 fully saturated rings. The van der Waals surface area contributed by atoms with Crippen molar-refractivity contribution in [1.82, 2.24) is 10.2 Å². The van der Waals surface area contributed by atoms with E-state index in [0.717, 1.165) is 11.1 Å². The fourth-order valence-corrected chi connectivity index (χ4v) is 1.67. The zero-order valence-corrected chi connectivity index (χ0v) is 10.7. The summed E-state index contributed by atoms with van der Waals surface area (Å²) in [5, 5.41) is 2.54. The van der Waals surface area contributed by atoms with Gasteiger partial charge in [-0.1, -0.05) is 12.1 Å². The molecule has 0 bridgehead atoms. The molecule has 0 spiro atoms. The Kier molecular flexibility index (Phi) is 3.88. The smallest absolute Gasteiger partial charge is 0.349 e. The maximum atomic E-state index is 12.7. The highest BCUT2D eigenvalue weighted by molar-refractivity contribution is 6.20. The number of aliphatic imine (C=N–C) groups is 1. The van der Waals surface area contributed by atoms with Crippen molar-refractivity contribution in [3.8, 4) is 0 Å². The van der Waals surface area contributed by atoms with Crippen LogP contribution in [0.15, 0.2) is 29.3 Å². The summed E-state index contributed by atoms with van der Waals surface area (Å²) in [6.07, 6.45) is 1.03. The van der Waals surface area contributed by atoms with Crippen LogP contribution >= 0.6 is 0 Å². The highest BCUT2D eigenvalue weighted by atomic mass is 19.1. The van der Waals surface area contributed by atoms with Gasteiger partial charge in [-0.25, -0.2) is 14.2 Å². The molecular weight excluding hydrogens is 265 g/mol. The van der Waals surface area contributed by atoms with Gasteiger partial charge in [-0.05, 0) is 17.7 Å². The van der Waals surface area contributed by atoms with Crippen molar-refractivity contribution < 1.29 is 18.8 Å². The van der Waals surface area contributed by atoms with E-state index in [4.69, 9.17) is 0 Å². The molecule has 1 N–H and O–H groups in total. The molecule has 1 heterocycles. The SMILES string of the molecule is CN1C(=O)N=CC(C(=O)NCc2ccc(F)cc2)C1=O. The summed E-state index contributed by atoms with van der Waals surface area (Å²) < 4.78 is 12.7. The number of urea groups is 1. The summed E-state index contributed by atoms with van der Waals surface area (Å²) in [7, 11) is 1.27. The third-order valence-electron chi connectivity index (χ3n) is 2.88. The lowest BCUT2D eigenvalue weighted by atomic mass is 10.1. The van der Waals surface area contributed by atoms with E-state index in [0.29, 0.717) is 5.56 Å². The minimum absolute atomic E-state index is 0.161. The average molecular weight is 277 g/mol. The Morgan fingerprint density at radius 3 is 2.65 bits per heavy atom. The largest absolute Gasteiger partial charge is 0.351 e. The Hall–Kier alpha value is -2.57. The van der Waals surface area contributed by atoms with E-state index in [-0.39, 0.29) is 12.4 Å². The van der Waals surface area contributed by atoms with Crippen molar-refractivity contribution >= 4 is 24.1 Å². The maximum Gasteiger partial charge on any atom is 0.349 e. The first-order valence-electron chi connectivity index (χ1n) is 5.87. The molecule has 0 aliphatic carbocycles. The maximum absolute atomic E-state index is 12.7. The average Bonchev–Trinajstić information content (AvgIpc) is 2.44. The summed E-state index contributed by atoms with van der Waals surface area (Å²) in [5.74, 6) is -2.66. The lowest BCUT2D eigenvalue weighted by Gasteiger charge is -2.21. The molecule has 6 nitrogen and oxygen atoms in total. The van der Waals surface area contributed by atoms with Gasteiger partial charge in [0, 0.05) is 19.8 Å². The van der Waals surface area contributed by atoms with Crippen molar-refractivity contribution in [2.45, 2.75) is 6.54 Å². The molecule has 1 aromatic carbocycles. The third kappa shape index (κ3) is 2.87. The minimum Gasteiger partial charge on any atom is -0.351 e. The van der Waals surface area contributed by atoms with Crippen LogP contribution in [0.4, 0.5) is 9.18 Å². The summed E-state index contributed by atoms with van der Waals surface area (Å²) in [6, 6.07) is 4.92. The van der Waals surface area contributed by atoms with Gasteiger partial charge in [0.15, 0.2) is 5.92 Å². The van der Waals surface area contributed by atoms with Crippen molar-refractivity contribution in [2.75, 3.05) is 7.05 Å². The number of nitrogens with zero attached hydrogens (tertiary/aromatic N) is 2. The molecule has 20 heavy (non-hydrogen) atoms. The quantitative estimate of drug-likeness (QED) is 0.827. The molecule has 1 atom stereocenters. The van der Waals surface area contributed by atoms with Crippen LogP contribution in [-0.4, -0.2) is 36.0 Å². The van der Waals surface area contributed by atoms with Gasteiger partial charge in [0.05, 0.1) is 0 Å². The van der Waals surface area contributed by atoms with E-state index in [9.17, 15) is 18.8 Å². The molecular formula is C13H12FN3O3. The van der Waals surface area contributed by atoms with E-state index >= 15 is 0 Å². The topological polar surface area (TPSA) is 78.8 Å². The first-order valence-corrected chi connectivity index (χ1v) is 5.87. The second-order valence-corrected chi connectivity index (χ2v) is 4.28. The Labute approximate surface area is 114 Å². The fraction of sp³-hybridized carbons (Fsp3) is 0.231. The van der Waals surface area contributed by atoms with Gasteiger partial charge in [0.25, 0.3) is 0 Å². The zero-order chi connectivity index (χ0) is 14.7. The number of halogens is 1. The van der Waals surface area contributed by atoms with Crippen LogP contribution < -0.4 is 5.32 Å². The molecule has 2 rings (SSSR count). The number of carbonyl (C=O) groups is 3. The molecule has 0 saturated heterocycles. The molecule has 4 amide bonds. The number of hydrogen-bond acceptors (Lipinski definition) is 3. The van der Waals surface area contributed by atoms with Crippen molar-refractivity contribution in [2.24, 2.45) is 10.9 Å². The number of hydrogen-bond donors (Lipinski definition) is 1. The number of nitrogens with one attached hydrogen (secondary N) is 1. The van der Waals surface area contributed by atoms with Gasteiger partial charge in [-0.2, -0.15) is 0 Å². The number of carbonyl (C=O) groups excluding carboxylic acids is 3. The molecule has 0 radical (unpaired) electrons. The van der Waals surface area contributed by atoms with Gasteiger partial charge in [-0.15, -0.1) is 0 Å². The Morgan fingerprint density at radius 2 is 2.00 bits per heavy atom. The zero-order valence-electron chi connectivity index (χ0n) is 10.7. The van der Waals surface area contributed by atoms with Gasteiger partial charge < -0.3 is 5.32 Å². The van der Waals surface area contributed by atoms with Crippen LogP contribution in [0, 0.1) is 11.7 Å². The fourth-order valence-electron chi connectivity index (χ4n) is 1.67. The Bertz CT molecular complexity index is 583. The first kappa shape index (κ1) is 13.9. The van der Waals surface area contributed by atoms with Gasteiger partial charge in [-0.3, -0.25) is 14.5 Å². The van der Waals surface area contributed by atoms with E-state index in [1.807, 2.05) is 0 Å². The normalized spacial score (nSPS) is 18.3. The molecule has 1 aliphatic rings. The summed E-state index contributed by atoms with van der Waals surface area (Å²) in [5.41, 5.74) is 0.698. The van der Waals surface area contributed by atoms with Crippen molar-refractivity contribution in [1.29, 1.82) is 0 Å². The number of benzene rings is 1. The molecule has 0 saturated carbocycles. The van der Waals surface area contributed by atoms with E-state index in [1.54, 1.807) is 0 Å². The summed E-state index contributed by atoms with van der Waals surface area (Å²) in [4.78, 5) is 39.0. The molecule has 1 aromatic rings. The van der Waals surface area contributed by atoms with E-state index in [1.165, 1.54) is 31.3 Å². The summed E-state index contributed by atoms with van der Waals surface area (Å²) >= 11 is 0. The molecule has 104 valence electrons. The van der Waals surface area contributed by atoms with Crippen LogP contribution in [0.1, 0.15) is 5.56 Å². The monoisotopic (exact) mass is 277 g/mol. The third-order valence-corrected chi connectivity index (χ3v) is 2.88. The van der Waals surface area contributed by atoms with E-state index < -0.39 is 23.8 Å². The second-order valence-electron chi connectivity index (χ2n) is 4.28. The highest BCUT2D eigenvalue weighted by Gasteiger charge is 2.33. The standard InChI is InChI=1S/C13H12FN3O3/c1-17-12(19)10(7-16-13(17)20)11(18)15-6-8-2-4-9(14)5-3-8/h2-5,7,10H,6H2,1H3,(H,15,18). The molecule has 1 unspecified atom stereocenters. The predicted octanol–water partition coefficient (Wildman–Crippen LogP) is 0.721. The van der Waals surface area contributed by atoms with Gasteiger partial charge in [0.1, 0.15) is 5.82 Å². The highest BCUT2D eigenvalue weighted by Crippen LogP contribution is 2.08. The lowest BCUT2D eigenvalue weighted by molar-refractivity contribution is -0.136. The van der Waals surface area contributed by atoms with Crippen molar-refractivity contribution in [3.63, 3.8) is 0 Å². The van der Waals surface area contributed by atoms with Gasteiger partial charge in [0.2, 0.25) is 11.8 Å². The minimum atomic E-state index is -1.11. The lowest BCUT2D eigenvalue weighted by Crippen LogP contribution is -2.47.